The first-order valence-electron chi connectivity index (χ1n) is 7.48. The van der Waals surface area contributed by atoms with Crippen molar-refractivity contribution in [3.8, 4) is 0 Å². The Morgan fingerprint density at radius 1 is 1.25 bits per heavy atom. The number of aliphatic hydroxyl groups excluding tert-OH is 2. The van der Waals surface area contributed by atoms with E-state index in [1.54, 1.807) is 0 Å². The van der Waals surface area contributed by atoms with Gasteiger partial charge in [-0.25, -0.2) is 4.79 Å². The van der Waals surface area contributed by atoms with Gasteiger partial charge in [0.25, 0.3) is 0 Å². The molecule has 0 aromatic rings. The van der Waals surface area contributed by atoms with Gasteiger partial charge in [0.2, 0.25) is 0 Å². The van der Waals surface area contributed by atoms with E-state index in [-0.39, 0.29) is 24.0 Å². The number of rotatable bonds is 0. The lowest BCUT2D eigenvalue weighted by Crippen LogP contribution is -2.21. The molecule has 0 aromatic carbocycles. The van der Waals surface area contributed by atoms with E-state index >= 15 is 0 Å². The lowest BCUT2D eigenvalue weighted by Gasteiger charge is -2.19. The maximum Gasteiger partial charge on any atom is 0.330 e. The zero-order chi connectivity index (χ0) is 14.5. The fourth-order valence-corrected chi connectivity index (χ4v) is 3.10. The molecular weight excluding hydrogens is 256 g/mol. The third kappa shape index (κ3) is 4.18. The number of carbonyl (C=O) groups excluding carboxylic acids is 1. The molecule has 2 N–H and O–H groups in total. The Bertz CT molecular complexity index is 388. The number of carbonyl (C=O) groups is 1. The molecule has 2 rings (SSSR count). The quantitative estimate of drug-likeness (QED) is 0.526. The third-order valence-electron chi connectivity index (χ3n) is 4.19. The van der Waals surface area contributed by atoms with Crippen LogP contribution in [0.4, 0.5) is 0 Å². The fraction of sp³-hybridized carbons (Fsp3) is 0.688. The van der Waals surface area contributed by atoms with Gasteiger partial charge in [0.05, 0.1) is 18.3 Å². The number of fused-ring (bicyclic) bond motifs is 1. The highest BCUT2D eigenvalue weighted by molar-refractivity contribution is 5.82. The van der Waals surface area contributed by atoms with Crippen molar-refractivity contribution in [3.63, 3.8) is 0 Å². The maximum atomic E-state index is 11.6. The predicted molar refractivity (Wildman–Crippen MR) is 75.9 cm³/mol. The summed E-state index contributed by atoms with van der Waals surface area (Å²) in [6, 6.07) is 0. The average Bonchev–Trinajstić information content (AvgIpc) is 2.76. The molecule has 0 amide bonds. The Morgan fingerprint density at radius 2 is 2.05 bits per heavy atom. The van der Waals surface area contributed by atoms with Gasteiger partial charge in [0.1, 0.15) is 0 Å². The SMILES string of the molecule is C[C@H]1CCC/C=C/[C@H]2C[C@H](O)C[C@@H]2[C@H](O)/C=C\C(=O)O1. The molecule has 0 spiro atoms. The summed E-state index contributed by atoms with van der Waals surface area (Å²) in [5.74, 6) is -0.249. The topological polar surface area (TPSA) is 66.8 Å². The normalized spacial score (nSPS) is 42.5. The number of hydrogen-bond acceptors (Lipinski definition) is 4. The molecule has 4 nitrogen and oxygen atoms in total. The monoisotopic (exact) mass is 280 g/mol. The third-order valence-corrected chi connectivity index (χ3v) is 4.19. The number of hydrogen-bond donors (Lipinski definition) is 2. The van der Waals surface area contributed by atoms with E-state index in [9.17, 15) is 15.0 Å². The molecule has 0 saturated heterocycles. The van der Waals surface area contributed by atoms with Crippen LogP contribution in [0.3, 0.4) is 0 Å². The van der Waals surface area contributed by atoms with Crippen LogP contribution >= 0.6 is 0 Å². The first kappa shape index (κ1) is 15.3. The van der Waals surface area contributed by atoms with E-state index in [4.69, 9.17) is 4.74 Å². The first-order chi connectivity index (χ1) is 9.56. The number of esters is 1. The molecule has 1 saturated carbocycles. The molecule has 5 atom stereocenters. The number of aliphatic hydroxyl groups is 2. The van der Waals surface area contributed by atoms with Crippen LogP contribution in [0.25, 0.3) is 0 Å². The van der Waals surface area contributed by atoms with Gasteiger partial charge in [-0.15, -0.1) is 0 Å². The maximum absolute atomic E-state index is 11.6. The molecule has 0 bridgehead atoms. The Hall–Kier alpha value is -1.13. The molecular formula is C16H24O4. The van der Waals surface area contributed by atoms with E-state index in [2.05, 4.69) is 12.2 Å². The summed E-state index contributed by atoms with van der Waals surface area (Å²) in [5, 5.41) is 20.0. The molecule has 1 aliphatic heterocycles. The lowest BCUT2D eigenvalue weighted by molar-refractivity contribution is -0.142. The number of ether oxygens (including phenoxy) is 1. The second kappa shape index (κ2) is 7.04. The molecule has 1 heterocycles. The molecule has 0 radical (unpaired) electrons. The van der Waals surface area contributed by atoms with Crippen LogP contribution in [0.15, 0.2) is 24.3 Å². The van der Waals surface area contributed by atoms with E-state index in [0.29, 0.717) is 12.8 Å². The van der Waals surface area contributed by atoms with Gasteiger partial charge in [-0.3, -0.25) is 0 Å². The molecule has 0 unspecified atom stereocenters. The number of allylic oxidation sites excluding steroid dienone is 2. The zero-order valence-corrected chi connectivity index (χ0v) is 11.9. The van der Waals surface area contributed by atoms with Gasteiger partial charge < -0.3 is 14.9 Å². The van der Waals surface area contributed by atoms with Gasteiger partial charge >= 0.3 is 5.97 Å². The second-order valence-electron chi connectivity index (χ2n) is 5.91. The van der Waals surface area contributed by atoms with Crippen LogP contribution in [0.5, 0.6) is 0 Å². The lowest BCUT2D eigenvalue weighted by atomic mass is 9.90. The zero-order valence-electron chi connectivity index (χ0n) is 11.9. The van der Waals surface area contributed by atoms with E-state index in [1.807, 2.05) is 6.92 Å². The van der Waals surface area contributed by atoms with Crippen LogP contribution < -0.4 is 0 Å². The molecule has 0 aromatic heterocycles. The van der Waals surface area contributed by atoms with Gasteiger partial charge in [0.15, 0.2) is 0 Å². The number of cyclic esters (lactones) is 1. The smallest absolute Gasteiger partial charge is 0.330 e. The van der Waals surface area contributed by atoms with Crippen LogP contribution in [0, 0.1) is 11.8 Å². The van der Waals surface area contributed by atoms with Crippen molar-refractivity contribution in [3.05, 3.63) is 24.3 Å². The molecule has 4 heteroatoms. The van der Waals surface area contributed by atoms with Crippen molar-refractivity contribution in [2.75, 3.05) is 0 Å². The summed E-state index contributed by atoms with van der Waals surface area (Å²) in [5.41, 5.74) is 0. The van der Waals surface area contributed by atoms with Crippen LogP contribution in [0.2, 0.25) is 0 Å². The van der Waals surface area contributed by atoms with Crippen LogP contribution in [-0.2, 0) is 9.53 Å². The second-order valence-corrected chi connectivity index (χ2v) is 5.91. The average molecular weight is 280 g/mol. The molecule has 2 aliphatic rings. The van der Waals surface area contributed by atoms with Crippen LogP contribution in [0.1, 0.15) is 39.0 Å². The molecule has 20 heavy (non-hydrogen) atoms. The largest absolute Gasteiger partial charge is 0.460 e. The van der Waals surface area contributed by atoms with Crippen molar-refractivity contribution in [1.29, 1.82) is 0 Å². The minimum absolute atomic E-state index is 0.0246. The fourth-order valence-electron chi connectivity index (χ4n) is 3.10. The van der Waals surface area contributed by atoms with Crippen molar-refractivity contribution < 1.29 is 19.7 Å². The van der Waals surface area contributed by atoms with E-state index in [0.717, 1.165) is 19.3 Å². The summed E-state index contributed by atoms with van der Waals surface area (Å²) < 4.78 is 5.23. The van der Waals surface area contributed by atoms with Gasteiger partial charge in [-0.2, -0.15) is 0 Å². The highest BCUT2D eigenvalue weighted by Crippen LogP contribution is 2.36. The summed E-state index contributed by atoms with van der Waals surface area (Å²) in [6.45, 7) is 1.89. The minimum atomic E-state index is -0.717. The van der Waals surface area contributed by atoms with E-state index in [1.165, 1.54) is 12.2 Å². The Balaban J connectivity index is 2.11. The highest BCUT2D eigenvalue weighted by atomic mass is 16.5. The first-order valence-corrected chi connectivity index (χ1v) is 7.48. The van der Waals surface area contributed by atoms with Gasteiger partial charge in [0, 0.05) is 6.08 Å². The molecule has 1 aliphatic carbocycles. The Labute approximate surface area is 120 Å². The minimum Gasteiger partial charge on any atom is -0.460 e. The van der Waals surface area contributed by atoms with E-state index < -0.39 is 12.1 Å². The summed E-state index contributed by atoms with van der Waals surface area (Å²) in [6.07, 6.45) is 9.87. The molecule has 1 fully saturated rings. The Kier molecular flexibility index (Phi) is 5.38. The summed E-state index contributed by atoms with van der Waals surface area (Å²) >= 11 is 0. The van der Waals surface area contributed by atoms with Crippen molar-refractivity contribution in [2.45, 2.75) is 57.3 Å². The molecule has 112 valence electrons. The van der Waals surface area contributed by atoms with Crippen molar-refractivity contribution in [2.24, 2.45) is 11.8 Å². The summed E-state index contributed by atoms with van der Waals surface area (Å²) in [7, 11) is 0. The predicted octanol–water partition coefficient (Wildman–Crippen LogP) is 1.96. The van der Waals surface area contributed by atoms with Crippen molar-refractivity contribution >= 4 is 5.97 Å². The standard InChI is InChI=1S/C16H24O4/c1-11-5-3-2-4-6-12-9-13(17)10-14(12)15(18)7-8-16(19)20-11/h4,6-8,11-15,17-18H,2-3,5,9-10H2,1H3/b6-4+,8-7-/t11-,12-,13-,14-,15+/m0/s1. The Morgan fingerprint density at radius 3 is 2.85 bits per heavy atom. The van der Waals surface area contributed by atoms with Gasteiger partial charge in [-0.1, -0.05) is 12.2 Å². The van der Waals surface area contributed by atoms with Gasteiger partial charge in [-0.05, 0) is 56.9 Å². The summed E-state index contributed by atoms with van der Waals surface area (Å²) in [4.78, 5) is 11.6. The highest BCUT2D eigenvalue weighted by Gasteiger charge is 2.35. The van der Waals surface area contributed by atoms with Crippen LogP contribution in [-0.4, -0.2) is 34.5 Å². The van der Waals surface area contributed by atoms with Crippen molar-refractivity contribution in [1.82, 2.24) is 0 Å².